The van der Waals surface area contributed by atoms with Crippen LogP contribution in [0.4, 0.5) is 5.82 Å². The summed E-state index contributed by atoms with van der Waals surface area (Å²) in [6, 6.07) is 13.9. The highest BCUT2D eigenvalue weighted by Gasteiger charge is 2.06. The fraction of sp³-hybridized carbons (Fsp3) is 0.300. The van der Waals surface area contributed by atoms with Gasteiger partial charge in [0.2, 0.25) is 0 Å². The minimum atomic E-state index is -0.206. The molecule has 3 rings (SSSR count). The van der Waals surface area contributed by atoms with E-state index in [1.54, 1.807) is 0 Å². The lowest BCUT2D eigenvalue weighted by Crippen LogP contribution is -2.06. The van der Waals surface area contributed by atoms with Gasteiger partial charge in [-0.05, 0) is 36.4 Å². The van der Waals surface area contributed by atoms with Crippen molar-refractivity contribution in [2.75, 3.05) is 26.1 Å². The number of carbonyl (C=O) groups is 1. The molecule has 0 saturated heterocycles. The summed E-state index contributed by atoms with van der Waals surface area (Å²) in [5.74, 6) is 1.48. The van der Waals surface area contributed by atoms with E-state index >= 15 is 0 Å². The molecule has 2 heterocycles. The number of nitrogens with zero attached hydrogens (tertiary/aromatic N) is 2. The molecule has 0 radical (unpaired) electrons. The van der Waals surface area contributed by atoms with E-state index < -0.39 is 0 Å². The Morgan fingerprint density at radius 2 is 2.12 bits per heavy atom. The van der Waals surface area contributed by atoms with Gasteiger partial charge in [-0.25, -0.2) is 4.98 Å². The third-order valence-electron chi connectivity index (χ3n) is 4.22. The summed E-state index contributed by atoms with van der Waals surface area (Å²) in [6.45, 7) is 1.17. The number of methoxy groups -OCH3 is 1. The molecule has 6 nitrogen and oxygen atoms in total. The minimum Gasteiger partial charge on any atom is -0.493 e. The Morgan fingerprint density at radius 1 is 1.23 bits per heavy atom. The fourth-order valence-electron chi connectivity index (χ4n) is 2.81. The van der Waals surface area contributed by atoms with Gasteiger partial charge < -0.3 is 19.4 Å². The molecular weight excluding hydrogens is 330 g/mol. The molecule has 0 amide bonds. The van der Waals surface area contributed by atoms with Crippen molar-refractivity contribution in [1.82, 2.24) is 9.55 Å². The van der Waals surface area contributed by atoms with Gasteiger partial charge in [0.05, 0.1) is 20.1 Å². The van der Waals surface area contributed by atoms with Crippen molar-refractivity contribution in [3.05, 3.63) is 54.4 Å². The monoisotopic (exact) mass is 353 g/mol. The van der Waals surface area contributed by atoms with Crippen LogP contribution in [-0.4, -0.2) is 36.3 Å². The number of pyridine rings is 1. The molecule has 1 aromatic carbocycles. The summed E-state index contributed by atoms with van der Waals surface area (Å²) in [5.41, 5.74) is 2.07. The van der Waals surface area contributed by atoms with Crippen LogP contribution in [0.25, 0.3) is 10.9 Å². The highest BCUT2D eigenvalue weighted by atomic mass is 16.5. The molecule has 0 spiro atoms. The predicted octanol–water partition coefficient (Wildman–Crippen LogP) is 3.26. The Hall–Kier alpha value is -3.02. The quantitative estimate of drug-likeness (QED) is 0.630. The van der Waals surface area contributed by atoms with Crippen molar-refractivity contribution in [2.24, 2.45) is 0 Å². The van der Waals surface area contributed by atoms with Gasteiger partial charge in [0.25, 0.3) is 0 Å². The molecule has 0 unspecified atom stereocenters. The molecule has 0 saturated carbocycles. The van der Waals surface area contributed by atoms with E-state index in [0.29, 0.717) is 19.6 Å². The average molecular weight is 353 g/mol. The van der Waals surface area contributed by atoms with E-state index in [-0.39, 0.29) is 5.97 Å². The van der Waals surface area contributed by atoms with Crippen LogP contribution in [0.2, 0.25) is 0 Å². The van der Waals surface area contributed by atoms with Gasteiger partial charge >= 0.3 is 5.97 Å². The van der Waals surface area contributed by atoms with E-state index in [1.807, 2.05) is 60.3 Å². The number of esters is 1. The van der Waals surface area contributed by atoms with Crippen molar-refractivity contribution in [1.29, 1.82) is 0 Å². The van der Waals surface area contributed by atoms with E-state index in [4.69, 9.17) is 9.47 Å². The predicted molar refractivity (Wildman–Crippen MR) is 102 cm³/mol. The SMILES string of the molecule is CNc1cccc(CCOc2ccc3c(ccn3CCC(=O)OC)c2)n1. The number of hydrogen-bond donors (Lipinski definition) is 1. The number of hydrogen-bond acceptors (Lipinski definition) is 5. The molecule has 136 valence electrons. The molecule has 0 aliphatic heterocycles. The number of anilines is 1. The van der Waals surface area contributed by atoms with Crippen LogP contribution in [0, 0.1) is 0 Å². The molecule has 0 bridgehead atoms. The van der Waals surface area contributed by atoms with E-state index in [0.717, 1.165) is 34.6 Å². The lowest BCUT2D eigenvalue weighted by atomic mass is 10.2. The summed E-state index contributed by atoms with van der Waals surface area (Å²) in [7, 11) is 3.26. The summed E-state index contributed by atoms with van der Waals surface area (Å²) in [4.78, 5) is 15.8. The minimum absolute atomic E-state index is 0.206. The van der Waals surface area contributed by atoms with Crippen LogP contribution >= 0.6 is 0 Å². The zero-order valence-electron chi connectivity index (χ0n) is 15.1. The van der Waals surface area contributed by atoms with Crippen LogP contribution in [0.15, 0.2) is 48.7 Å². The lowest BCUT2D eigenvalue weighted by Gasteiger charge is -2.08. The largest absolute Gasteiger partial charge is 0.493 e. The van der Waals surface area contributed by atoms with Crippen LogP contribution in [0.5, 0.6) is 5.75 Å². The summed E-state index contributed by atoms with van der Waals surface area (Å²) in [6.07, 6.45) is 3.08. The topological polar surface area (TPSA) is 65.4 Å². The maximum Gasteiger partial charge on any atom is 0.307 e. The van der Waals surface area contributed by atoms with Gasteiger partial charge in [0.15, 0.2) is 0 Å². The first-order valence-corrected chi connectivity index (χ1v) is 8.62. The Kier molecular flexibility index (Phi) is 5.73. The second-order valence-corrected chi connectivity index (χ2v) is 5.92. The number of ether oxygens (including phenoxy) is 2. The molecule has 0 aliphatic rings. The highest BCUT2D eigenvalue weighted by Crippen LogP contribution is 2.22. The molecule has 0 fully saturated rings. The molecule has 3 aromatic rings. The lowest BCUT2D eigenvalue weighted by molar-refractivity contribution is -0.140. The van der Waals surface area contributed by atoms with Crippen molar-refractivity contribution in [3.8, 4) is 5.75 Å². The first kappa shape index (κ1) is 17.8. The van der Waals surface area contributed by atoms with Crippen molar-refractivity contribution >= 4 is 22.7 Å². The third-order valence-corrected chi connectivity index (χ3v) is 4.22. The summed E-state index contributed by atoms with van der Waals surface area (Å²) < 4.78 is 12.6. The maximum absolute atomic E-state index is 11.3. The van der Waals surface area contributed by atoms with Crippen LogP contribution < -0.4 is 10.1 Å². The zero-order valence-corrected chi connectivity index (χ0v) is 15.1. The highest BCUT2D eigenvalue weighted by molar-refractivity contribution is 5.82. The zero-order chi connectivity index (χ0) is 18.4. The van der Waals surface area contributed by atoms with Crippen molar-refractivity contribution in [2.45, 2.75) is 19.4 Å². The number of carbonyl (C=O) groups excluding carboxylic acids is 1. The summed E-state index contributed by atoms with van der Waals surface area (Å²) >= 11 is 0. The van der Waals surface area contributed by atoms with Crippen LogP contribution in [0.1, 0.15) is 12.1 Å². The van der Waals surface area contributed by atoms with Gasteiger partial charge in [-0.3, -0.25) is 4.79 Å². The molecule has 0 atom stereocenters. The number of aromatic nitrogens is 2. The van der Waals surface area contributed by atoms with Crippen LogP contribution in [0.3, 0.4) is 0 Å². The smallest absolute Gasteiger partial charge is 0.307 e. The maximum atomic E-state index is 11.3. The number of nitrogens with one attached hydrogen (secondary N) is 1. The van der Waals surface area contributed by atoms with E-state index in [1.165, 1.54) is 7.11 Å². The fourth-order valence-corrected chi connectivity index (χ4v) is 2.81. The first-order chi connectivity index (χ1) is 12.7. The number of aryl methyl sites for hydroxylation is 1. The van der Waals surface area contributed by atoms with Crippen LogP contribution in [-0.2, 0) is 22.5 Å². The molecular formula is C20H23N3O3. The molecule has 0 aliphatic carbocycles. The van der Waals surface area contributed by atoms with E-state index in [9.17, 15) is 4.79 Å². The Bertz CT molecular complexity index is 889. The van der Waals surface area contributed by atoms with E-state index in [2.05, 4.69) is 10.3 Å². The number of rotatable bonds is 8. The van der Waals surface area contributed by atoms with Crippen molar-refractivity contribution in [3.63, 3.8) is 0 Å². The second kappa shape index (κ2) is 8.38. The average Bonchev–Trinajstić information content (AvgIpc) is 3.08. The molecule has 2 aromatic heterocycles. The number of fused-ring (bicyclic) bond motifs is 1. The van der Waals surface area contributed by atoms with Crippen molar-refractivity contribution < 1.29 is 14.3 Å². The Balaban J connectivity index is 1.59. The second-order valence-electron chi connectivity index (χ2n) is 5.92. The Morgan fingerprint density at radius 3 is 2.92 bits per heavy atom. The van der Waals surface area contributed by atoms with Gasteiger partial charge in [0, 0.05) is 42.8 Å². The third kappa shape index (κ3) is 4.33. The summed E-state index contributed by atoms with van der Waals surface area (Å²) in [5, 5.41) is 4.12. The van der Waals surface area contributed by atoms with Gasteiger partial charge in [0.1, 0.15) is 11.6 Å². The van der Waals surface area contributed by atoms with Gasteiger partial charge in [-0.15, -0.1) is 0 Å². The normalized spacial score (nSPS) is 10.7. The molecule has 6 heteroatoms. The Labute approximate surface area is 152 Å². The molecule has 26 heavy (non-hydrogen) atoms. The molecule has 1 N–H and O–H groups in total. The number of benzene rings is 1. The first-order valence-electron chi connectivity index (χ1n) is 8.62. The van der Waals surface area contributed by atoms with Gasteiger partial charge in [-0.2, -0.15) is 0 Å². The van der Waals surface area contributed by atoms with Gasteiger partial charge in [-0.1, -0.05) is 6.07 Å². The standard InChI is InChI=1S/C20H23N3O3/c1-21-19-5-3-4-16(22-19)10-13-26-17-6-7-18-15(14-17)8-11-23(18)12-9-20(24)25-2/h3-8,11,14H,9-10,12-13H2,1-2H3,(H,21,22).